The Bertz CT molecular complexity index is 440. The van der Waals surface area contributed by atoms with Crippen LogP contribution in [0.1, 0.15) is 11.1 Å². The average Bonchev–Trinajstić information content (AvgIpc) is 2.36. The maximum Gasteiger partial charge on any atom is 0.129 e. The van der Waals surface area contributed by atoms with Crippen LogP contribution in [0.2, 0.25) is 19.6 Å². The highest BCUT2D eigenvalue weighted by molar-refractivity contribution is 6.83. The fourth-order valence-electron chi connectivity index (χ4n) is 1.41. The van der Waals surface area contributed by atoms with Crippen molar-refractivity contribution in [1.82, 2.24) is 5.32 Å². The van der Waals surface area contributed by atoms with Crippen LogP contribution in [0.4, 0.5) is 0 Å². The van der Waals surface area contributed by atoms with E-state index in [4.69, 9.17) is 5.11 Å². The molecule has 1 atom stereocenters. The number of aliphatic hydroxyl groups excluding tert-OH is 2. The van der Waals surface area contributed by atoms with Gasteiger partial charge in [0.25, 0.3) is 0 Å². The molecule has 0 saturated heterocycles. The Labute approximate surface area is 116 Å². The van der Waals surface area contributed by atoms with E-state index in [2.05, 4.69) is 36.4 Å². The van der Waals surface area contributed by atoms with E-state index in [0.717, 1.165) is 11.1 Å². The molecule has 0 aliphatic heterocycles. The van der Waals surface area contributed by atoms with Gasteiger partial charge in [0.2, 0.25) is 0 Å². The summed E-state index contributed by atoms with van der Waals surface area (Å²) in [4.78, 5) is 0. The summed E-state index contributed by atoms with van der Waals surface area (Å²) in [7, 11) is -1.32. The molecule has 0 aliphatic rings. The predicted octanol–water partition coefficient (Wildman–Crippen LogP) is 1.36. The van der Waals surface area contributed by atoms with E-state index >= 15 is 0 Å². The fraction of sp³-hybridized carbons (Fsp3) is 0.467. The van der Waals surface area contributed by atoms with Crippen molar-refractivity contribution >= 4 is 8.07 Å². The number of nitrogens with one attached hydrogen (secondary N) is 1. The highest BCUT2D eigenvalue weighted by Crippen LogP contribution is 2.04. The van der Waals surface area contributed by atoms with Crippen molar-refractivity contribution in [2.45, 2.75) is 32.3 Å². The Morgan fingerprint density at radius 3 is 2.37 bits per heavy atom. The topological polar surface area (TPSA) is 52.5 Å². The molecule has 1 aromatic rings. The number of aliphatic hydroxyl groups is 2. The van der Waals surface area contributed by atoms with E-state index in [-0.39, 0.29) is 6.61 Å². The number of benzene rings is 1. The zero-order chi connectivity index (χ0) is 14.3. The molecule has 0 saturated carbocycles. The molecule has 0 radical (unpaired) electrons. The van der Waals surface area contributed by atoms with Gasteiger partial charge in [-0.15, -0.1) is 5.54 Å². The Morgan fingerprint density at radius 1 is 1.21 bits per heavy atom. The highest BCUT2D eigenvalue weighted by atomic mass is 28.3. The molecule has 0 amide bonds. The number of hydrogen-bond donors (Lipinski definition) is 3. The fourth-order valence-corrected chi connectivity index (χ4v) is 1.93. The molecule has 0 heterocycles. The molecule has 4 heteroatoms. The molecular formula is C15H23NO2Si. The molecule has 3 N–H and O–H groups in total. The first-order valence-corrected chi connectivity index (χ1v) is 10.0. The molecule has 19 heavy (non-hydrogen) atoms. The normalized spacial score (nSPS) is 12.7. The van der Waals surface area contributed by atoms with Crippen LogP contribution in [0.3, 0.4) is 0 Å². The van der Waals surface area contributed by atoms with Crippen LogP contribution in [0, 0.1) is 11.5 Å². The van der Waals surface area contributed by atoms with Gasteiger partial charge in [-0.2, -0.15) is 0 Å². The van der Waals surface area contributed by atoms with E-state index in [1.165, 1.54) is 0 Å². The molecule has 104 valence electrons. The summed E-state index contributed by atoms with van der Waals surface area (Å²) in [5.41, 5.74) is 5.52. The maximum absolute atomic E-state index is 9.20. The highest BCUT2D eigenvalue weighted by Gasteiger charge is 2.07. The van der Waals surface area contributed by atoms with Crippen LogP contribution in [-0.2, 0) is 6.54 Å². The van der Waals surface area contributed by atoms with Gasteiger partial charge in [-0.25, -0.2) is 0 Å². The summed E-state index contributed by atoms with van der Waals surface area (Å²) in [6.45, 7) is 7.55. The first-order valence-electron chi connectivity index (χ1n) is 6.52. The largest absolute Gasteiger partial charge is 0.394 e. The minimum atomic E-state index is -1.32. The molecule has 3 nitrogen and oxygen atoms in total. The molecule has 0 spiro atoms. The van der Waals surface area contributed by atoms with Crippen molar-refractivity contribution < 1.29 is 10.2 Å². The van der Waals surface area contributed by atoms with Gasteiger partial charge in [0.1, 0.15) is 8.07 Å². The maximum atomic E-state index is 9.20. The predicted molar refractivity (Wildman–Crippen MR) is 81.5 cm³/mol. The van der Waals surface area contributed by atoms with Crippen molar-refractivity contribution in [3.05, 3.63) is 35.4 Å². The minimum Gasteiger partial charge on any atom is -0.394 e. The molecule has 0 unspecified atom stereocenters. The van der Waals surface area contributed by atoms with Gasteiger partial charge in [0, 0.05) is 18.7 Å². The lowest BCUT2D eigenvalue weighted by molar-refractivity contribution is 0.0942. The van der Waals surface area contributed by atoms with Gasteiger partial charge in [0.15, 0.2) is 0 Å². The van der Waals surface area contributed by atoms with Gasteiger partial charge in [-0.3, -0.25) is 0 Å². The molecular weight excluding hydrogens is 254 g/mol. The van der Waals surface area contributed by atoms with E-state index in [1.807, 2.05) is 24.3 Å². The van der Waals surface area contributed by atoms with Crippen LogP contribution in [0.25, 0.3) is 0 Å². The van der Waals surface area contributed by atoms with Crippen molar-refractivity contribution in [2.24, 2.45) is 0 Å². The summed E-state index contributed by atoms with van der Waals surface area (Å²) in [5, 5.41) is 21.0. The lowest BCUT2D eigenvalue weighted by Gasteiger charge is -2.08. The van der Waals surface area contributed by atoms with Crippen LogP contribution < -0.4 is 5.32 Å². The summed E-state index contributed by atoms with van der Waals surface area (Å²) in [5.74, 6) is 3.21. The Balaban J connectivity index is 2.50. The second-order valence-corrected chi connectivity index (χ2v) is 10.4. The van der Waals surface area contributed by atoms with Crippen LogP contribution >= 0.6 is 0 Å². The second kappa shape index (κ2) is 7.46. The molecule has 1 aromatic carbocycles. The molecule has 0 fully saturated rings. The first kappa shape index (κ1) is 15.9. The zero-order valence-electron chi connectivity index (χ0n) is 11.9. The Morgan fingerprint density at radius 2 is 1.84 bits per heavy atom. The summed E-state index contributed by atoms with van der Waals surface area (Å²) < 4.78 is 0. The van der Waals surface area contributed by atoms with Gasteiger partial charge >= 0.3 is 0 Å². The molecule has 0 bridgehead atoms. The second-order valence-electron chi connectivity index (χ2n) is 5.66. The first-order chi connectivity index (χ1) is 8.90. The quantitative estimate of drug-likeness (QED) is 0.563. The summed E-state index contributed by atoms with van der Waals surface area (Å²) >= 11 is 0. The standard InChI is InChI=1S/C15H23NO2Si/c1-19(2,3)9-8-13-4-6-14(7-5-13)10-16-11-15(18)12-17/h4-7,15-18H,10-12H2,1-3H3/t15-/m1/s1. The minimum absolute atomic E-state index is 0.210. The van der Waals surface area contributed by atoms with Gasteiger partial charge in [-0.1, -0.05) is 37.7 Å². The monoisotopic (exact) mass is 277 g/mol. The Hall–Kier alpha value is -1.12. The van der Waals surface area contributed by atoms with E-state index in [9.17, 15) is 5.11 Å². The van der Waals surface area contributed by atoms with E-state index in [1.54, 1.807) is 0 Å². The van der Waals surface area contributed by atoms with Crippen molar-refractivity contribution in [1.29, 1.82) is 0 Å². The van der Waals surface area contributed by atoms with Crippen molar-refractivity contribution in [3.8, 4) is 11.5 Å². The third-order valence-electron chi connectivity index (χ3n) is 2.46. The average molecular weight is 277 g/mol. The SMILES string of the molecule is C[Si](C)(C)C#Cc1ccc(CNC[C@@H](O)CO)cc1. The van der Waals surface area contributed by atoms with Gasteiger partial charge in [0.05, 0.1) is 12.7 Å². The molecule has 0 aliphatic carbocycles. The number of rotatable bonds is 5. The third-order valence-corrected chi connectivity index (χ3v) is 3.33. The van der Waals surface area contributed by atoms with Crippen molar-refractivity contribution in [2.75, 3.05) is 13.2 Å². The molecule has 0 aromatic heterocycles. The van der Waals surface area contributed by atoms with Crippen LogP contribution in [0.15, 0.2) is 24.3 Å². The smallest absolute Gasteiger partial charge is 0.129 e. The lowest BCUT2D eigenvalue weighted by Crippen LogP contribution is -2.28. The Kier molecular flexibility index (Phi) is 6.26. The van der Waals surface area contributed by atoms with Gasteiger partial charge < -0.3 is 15.5 Å². The van der Waals surface area contributed by atoms with Gasteiger partial charge in [-0.05, 0) is 17.7 Å². The van der Waals surface area contributed by atoms with Crippen molar-refractivity contribution in [3.63, 3.8) is 0 Å². The van der Waals surface area contributed by atoms with Crippen LogP contribution in [-0.4, -0.2) is 37.5 Å². The lowest BCUT2D eigenvalue weighted by atomic mass is 10.1. The van der Waals surface area contributed by atoms with E-state index < -0.39 is 14.2 Å². The summed E-state index contributed by atoms with van der Waals surface area (Å²) in [6, 6.07) is 8.11. The zero-order valence-corrected chi connectivity index (χ0v) is 12.9. The van der Waals surface area contributed by atoms with Crippen LogP contribution in [0.5, 0.6) is 0 Å². The van der Waals surface area contributed by atoms with E-state index in [0.29, 0.717) is 13.1 Å². The molecule has 1 rings (SSSR count). The third kappa shape index (κ3) is 7.14. The number of hydrogen-bond acceptors (Lipinski definition) is 3. The summed E-state index contributed by atoms with van der Waals surface area (Å²) in [6.07, 6.45) is -0.693.